The van der Waals surface area contributed by atoms with Crippen LogP contribution < -0.4 is 0 Å². The number of hydrogen-bond donors (Lipinski definition) is 1. The van der Waals surface area contributed by atoms with Crippen molar-refractivity contribution in [2.75, 3.05) is 7.11 Å². The number of carbonyl (C=O) groups is 2. The Balaban J connectivity index is 3.19. The van der Waals surface area contributed by atoms with E-state index in [1.165, 1.54) is 13.2 Å². The summed E-state index contributed by atoms with van der Waals surface area (Å²) in [6, 6.07) is 1.43. The number of aromatic carboxylic acids is 1. The number of rotatable bonds is 2. The summed E-state index contributed by atoms with van der Waals surface area (Å²) in [5.41, 5.74) is 0.0758. The Morgan fingerprint density at radius 1 is 1.62 bits per heavy atom. The van der Waals surface area contributed by atoms with Crippen LogP contribution in [-0.4, -0.2) is 24.2 Å². The van der Waals surface area contributed by atoms with Crippen LogP contribution in [-0.2, 0) is 4.74 Å². The summed E-state index contributed by atoms with van der Waals surface area (Å²) in [6.07, 6.45) is 0. The number of thiophene rings is 1. The fraction of sp³-hybridized carbons (Fsp3) is 0.143. The molecule has 0 aliphatic heterocycles. The first kappa shape index (κ1) is 10.2. The molecule has 0 fully saturated rings. The highest BCUT2D eigenvalue weighted by Gasteiger charge is 2.20. The van der Waals surface area contributed by atoms with Gasteiger partial charge in [-0.3, -0.25) is 0 Å². The lowest BCUT2D eigenvalue weighted by atomic mass is 10.2. The van der Waals surface area contributed by atoms with E-state index in [4.69, 9.17) is 5.11 Å². The molecule has 0 saturated carbocycles. The van der Waals surface area contributed by atoms with Crippen molar-refractivity contribution >= 4 is 39.2 Å². The Morgan fingerprint density at radius 3 is 2.69 bits per heavy atom. The number of hydrogen-bond acceptors (Lipinski definition) is 4. The molecule has 0 atom stereocenters. The highest BCUT2D eigenvalue weighted by atomic mass is 79.9. The quantitative estimate of drug-likeness (QED) is 0.830. The van der Waals surface area contributed by atoms with Crippen LogP contribution in [0.4, 0.5) is 0 Å². The molecule has 1 heterocycles. The van der Waals surface area contributed by atoms with Crippen molar-refractivity contribution in [1.82, 2.24) is 0 Å². The highest BCUT2D eigenvalue weighted by molar-refractivity contribution is 9.11. The summed E-state index contributed by atoms with van der Waals surface area (Å²) in [4.78, 5) is 21.7. The zero-order chi connectivity index (χ0) is 10.0. The third-order valence-corrected chi connectivity index (χ3v) is 2.93. The molecule has 70 valence electrons. The van der Waals surface area contributed by atoms with Gasteiger partial charge in [0.1, 0.15) is 4.88 Å². The molecule has 1 rings (SSSR count). The van der Waals surface area contributed by atoms with Gasteiger partial charge in [0.05, 0.1) is 16.5 Å². The Morgan fingerprint density at radius 2 is 2.23 bits per heavy atom. The zero-order valence-electron chi connectivity index (χ0n) is 6.54. The molecule has 0 amide bonds. The molecule has 0 aliphatic rings. The maximum atomic E-state index is 11.1. The number of carboxylic acid groups (broad SMARTS) is 1. The largest absolute Gasteiger partial charge is 0.477 e. The molecule has 0 unspecified atom stereocenters. The van der Waals surface area contributed by atoms with Gasteiger partial charge in [0, 0.05) is 0 Å². The lowest BCUT2D eigenvalue weighted by molar-refractivity contribution is 0.0585. The van der Waals surface area contributed by atoms with Crippen molar-refractivity contribution in [2.24, 2.45) is 0 Å². The summed E-state index contributed by atoms with van der Waals surface area (Å²) in [7, 11) is 1.21. The second-order valence-corrected chi connectivity index (χ2v) is 4.52. The van der Waals surface area contributed by atoms with Gasteiger partial charge in [0.15, 0.2) is 0 Å². The minimum absolute atomic E-state index is 0.0151. The third-order valence-electron chi connectivity index (χ3n) is 1.30. The molecular formula is C7H5BrO4S. The second kappa shape index (κ2) is 3.89. The molecule has 0 aromatic carbocycles. The summed E-state index contributed by atoms with van der Waals surface area (Å²) in [5, 5.41) is 8.71. The Bertz CT molecular complexity index is 357. The predicted octanol–water partition coefficient (Wildman–Crippen LogP) is 2.00. The normalized spacial score (nSPS) is 9.69. The maximum Gasteiger partial charge on any atom is 0.346 e. The van der Waals surface area contributed by atoms with E-state index in [0.29, 0.717) is 3.79 Å². The summed E-state index contributed by atoms with van der Waals surface area (Å²) < 4.78 is 5.01. The molecule has 0 bridgehead atoms. The number of ether oxygens (including phenoxy) is 1. The van der Waals surface area contributed by atoms with Crippen LogP contribution in [0, 0.1) is 0 Å². The Labute approximate surface area is 86.3 Å². The van der Waals surface area contributed by atoms with Gasteiger partial charge >= 0.3 is 11.9 Å². The summed E-state index contributed by atoms with van der Waals surface area (Å²) in [5.74, 6) is -1.77. The zero-order valence-corrected chi connectivity index (χ0v) is 8.94. The SMILES string of the molecule is COC(=O)c1cc(Br)sc1C(=O)O. The van der Waals surface area contributed by atoms with Crippen molar-refractivity contribution in [1.29, 1.82) is 0 Å². The Kier molecular flexibility index (Phi) is 3.05. The van der Waals surface area contributed by atoms with Crippen molar-refractivity contribution in [3.05, 3.63) is 20.3 Å². The van der Waals surface area contributed by atoms with Crippen LogP contribution in [0.1, 0.15) is 20.0 Å². The van der Waals surface area contributed by atoms with Gasteiger partial charge in [-0.05, 0) is 22.0 Å². The molecule has 0 radical (unpaired) electrons. The second-order valence-electron chi connectivity index (χ2n) is 2.09. The van der Waals surface area contributed by atoms with Crippen LogP contribution >= 0.6 is 27.3 Å². The lowest BCUT2D eigenvalue weighted by Crippen LogP contribution is -2.06. The Hall–Kier alpha value is -0.880. The standard InChI is InChI=1S/C7H5BrO4S/c1-12-7(11)3-2-4(8)13-5(3)6(9)10/h2H,1H3,(H,9,10). The van der Waals surface area contributed by atoms with E-state index in [1.807, 2.05) is 0 Å². The van der Waals surface area contributed by atoms with E-state index in [-0.39, 0.29) is 10.4 Å². The molecule has 4 nitrogen and oxygen atoms in total. The van der Waals surface area contributed by atoms with Crippen molar-refractivity contribution in [2.45, 2.75) is 0 Å². The minimum Gasteiger partial charge on any atom is -0.477 e. The minimum atomic E-state index is -1.13. The third kappa shape index (κ3) is 2.07. The first-order chi connectivity index (χ1) is 6.06. The predicted molar refractivity (Wildman–Crippen MR) is 50.3 cm³/mol. The van der Waals surface area contributed by atoms with Crippen LogP contribution in [0.15, 0.2) is 9.85 Å². The lowest BCUT2D eigenvalue weighted by Gasteiger charge is -1.95. The fourth-order valence-electron chi connectivity index (χ4n) is 0.781. The first-order valence-corrected chi connectivity index (χ1v) is 4.78. The number of esters is 1. The monoisotopic (exact) mass is 264 g/mol. The van der Waals surface area contributed by atoms with Crippen LogP contribution in [0.25, 0.3) is 0 Å². The van der Waals surface area contributed by atoms with E-state index in [0.717, 1.165) is 11.3 Å². The van der Waals surface area contributed by atoms with E-state index in [1.54, 1.807) is 0 Å². The molecule has 1 N–H and O–H groups in total. The number of carbonyl (C=O) groups excluding carboxylic acids is 1. The van der Waals surface area contributed by atoms with E-state index in [2.05, 4.69) is 20.7 Å². The van der Waals surface area contributed by atoms with Gasteiger partial charge in [-0.1, -0.05) is 0 Å². The molecule has 13 heavy (non-hydrogen) atoms. The van der Waals surface area contributed by atoms with Gasteiger partial charge in [-0.2, -0.15) is 0 Å². The molecule has 6 heteroatoms. The van der Waals surface area contributed by atoms with Crippen LogP contribution in [0.3, 0.4) is 0 Å². The summed E-state index contributed by atoms with van der Waals surface area (Å²) in [6.45, 7) is 0. The van der Waals surface area contributed by atoms with Crippen molar-refractivity contribution in [3.63, 3.8) is 0 Å². The van der Waals surface area contributed by atoms with E-state index in [9.17, 15) is 9.59 Å². The topological polar surface area (TPSA) is 63.6 Å². The smallest absolute Gasteiger partial charge is 0.346 e. The molecule has 0 aliphatic carbocycles. The van der Waals surface area contributed by atoms with Crippen molar-refractivity contribution in [3.8, 4) is 0 Å². The number of methoxy groups -OCH3 is 1. The highest BCUT2D eigenvalue weighted by Crippen LogP contribution is 2.27. The molecule has 0 spiro atoms. The first-order valence-electron chi connectivity index (χ1n) is 3.17. The van der Waals surface area contributed by atoms with Gasteiger partial charge < -0.3 is 9.84 Å². The van der Waals surface area contributed by atoms with Crippen molar-refractivity contribution < 1.29 is 19.4 Å². The van der Waals surface area contributed by atoms with Gasteiger partial charge in [-0.15, -0.1) is 11.3 Å². The average molecular weight is 265 g/mol. The fourth-order valence-corrected chi connectivity index (χ4v) is 2.21. The van der Waals surface area contributed by atoms with Gasteiger partial charge in [-0.25, -0.2) is 9.59 Å². The van der Waals surface area contributed by atoms with Crippen LogP contribution in [0.2, 0.25) is 0 Å². The average Bonchev–Trinajstić information content (AvgIpc) is 2.46. The van der Waals surface area contributed by atoms with Gasteiger partial charge in [0.25, 0.3) is 0 Å². The number of halogens is 1. The molecule has 0 saturated heterocycles. The maximum absolute atomic E-state index is 11.1. The molecule has 1 aromatic rings. The summed E-state index contributed by atoms with van der Waals surface area (Å²) >= 11 is 4.08. The molecular weight excluding hydrogens is 260 g/mol. The number of carboxylic acids is 1. The van der Waals surface area contributed by atoms with Gasteiger partial charge in [0.2, 0.25) is 0 Å². The van der Waals surface area contributed by atoms with Crippen LogP contribution in [0.5, 0.6) is 0 Å². The molecule has 1 aromatic heterocycles. The van der Waals surface area contributed by atoms with E-state index >= 15 is 0 Å². The van der Waals surface area contributed by atoms with E-state index < -0.39 is 11.9 Å².